The summed E-state index contributed by atoms with van der Waals surface area (Å²) in [5.74, 6) is -1.75. The van der Waals surface area contributed by atoms with Crippen LogP contribution in [0.3, 0.4) is 0 Å². The first-order valence-electron chi connectivity index (χ1n) is 8.28. The summed E-state index contributed by atoms with van der Waals surface area (Å²) in [5, 5.41) is 13.3. The Balaban J connectivity index is 1.96. The van der Waals surface area contributed by atoms with Crippen LogP contribution in [0.5, 0.6) is 5.75 Å². The van der Waals surface area contributed by atoms with Crippen LogP contribution in [0.25, 0.3) is 10.9 Å². The van der Waals surface area contributed by atoms with Crippen molar-refractivity contribution in [1.82, 2.24) is 9.55 Å². The van der Waals surface area contributed by atoms with Crippen LogP contribution in [-0.2, 0) is 6.42 Å². The molecule has 0 spiro atoms. The lowest BCUT2D eigenvalue weighted by Crippen LogP contribution is -2.33. The molecule has 3 heterocycles. The molecule has 2 aromatic heterocycles. The molecule has 1 atom stereocenters. The molecule has 6 nitrogen and oxygen atoms in total. The summed E-state index contributed by atoms with van der Waals surface area (Å²) in [5.41, 5.74) is 0.622. The average Bonchev–Trinajstić information content (AvgIpc) is 2.61. The Labute approximate surface area is 147 Å². The zero-order chi connectivity index (χ0) is 18.4. The van der Waals surface area contributed by atoms with Gasteiger partial charge in [-0.25, -0.2) is 4.39 Å². The molecule has 1 aromatic carbocycles. The summed E-state index contributed by atoms with van der Waals surface area (Å²) in [4.78, 5) is 29.5. The molecule has 7 heteroatoms. The number of halogens is 1. The van der Waals surface area contributed by atoms with Crippen LogP contribution in [0.15, 0.2) is 41.5 Å². The van der Waals surface area contributed by atoms with Crippen LogP contribution in [0, 0.1) is 5.82 Å². The third-order valence-corrected chi connectivity index (χ3v) is 4.76. The highest BCUT2D eigenvalue weighted by Crippen LogP contribution is 2.35. The molecule has 26 heavy (non-hydrogen) atoms. The second-order valence-corrected chi connectivity index (χ2v) is 6.44. The maximum Gasteiger partial charge on any atom is 0.267 e. The molecule has 0 saturated heterocycles. The summed E-state index contributed by atoms with van der Waals surface area (Å²) < 4.78 is 15.5. The first-order chi connectivity index (χ1) is 12.5. The lowest BCUT2D eigenvalue weighted by Gasteiger charge is -2.26. The molecule has 0 aliphatic carbocycles. The van der Waals surface area contributed by atoms with E-state index in [1.807, 2.05) is 6.92 Å². The fraction of sp³-hybridized carbons (Fsp3) is 0.211. The van der Waals surface area contributed by atoms with Crippen LogP contribution in [0.1, 0.15) is 35.3 Å². The molecule has 3 aromatic rings. The van der Waals surface area contributed by atoms with E-state index in [9.17, 15) is 19.1 Å². The van der Waals surface area contributed by atoms with Crippen LogP contribution in [-0.4, -0.2) is 20.6 Å². The molecular formula is C19H16FN3O3. The Hall–Kier alpha value is -3.22. The van der Waals surface area contributed by atoms with Gasteiger partial charge in [0.1, 0.15) is 17.1 Å². The number of aromatic nitrogens is 2. The fourth-order valence-electron chi connectivity index (χ4n) is 3.52. The number of benzene rings is 1. The number of anilines is 1. The molecule has 0 bridgehead atoms. The molecule has 1 aliphatic rings. The van der Waals surface area contributed by atoms with Gasteiger partial charge in [0.05, 0.1) is 5.52 Å². The van der Waals surface area contributed by atoms with Crippen molar-refractivity contribution in [3.05, 3.63) is 64.0 Å². The first kappa shape index (κ1) is 16.3. The van der Waals surface area contributed by atoms with E-state index >= 15 is 0 Å². The largest absolute Gasteiger partial charge is 0.506 e. The van der Waals surface area contributed by atoms with Crippen molar-refractivity contribution in [2.75, 3.05) is 5.32 Å². The van der Waals surface area contributed by atoms with Crippen LogP contribution < -0.4 is 10.9 Å². The number of hydrogen-bond donors (Lipinski definition) is 2. The average molecular weight is 353 g/mol. The van der Waals surface area contributed by atoms with Crippen molar-refractivity contribution >= 4 is 22.5 Å². The van der Waals surface area contributed by atoms with Gasteiger partial charge in [0.25, 0.3) is 11.5 Å². The van der Waals surface area contributed by atoms with Crippen LogP contribution in [0.2, 0.25) is 0 Å². The quantitative estimate of drug-likeness (QED) is 0.742. The Morgan fingerprint density at radius 3 is 2.81 bits per heavy atom. The Morgan fingerprint density at radius 1 is 1.35 bits per heavy atom. The molecule has 0 fully saturated rings. The highest BCUT2D eigenvalue weighted by Gasteiger charge is 2.28. The number of nitrogens with zero attached hydrogens (tertiary/aromatic N) is 2. The molecule has 0 unspecified atom stereocenters. The summed E-state index contributed by atoms with van der Waals surface area (Å²) in [6, 6.07) is 5.51. The maximum atomic E-state index is 14.0. The minimum atomic E-state index is -0.743. The van der Waals surface area contributed by atoms with Crippen LogP contribution >= 0.6 is 0 Å². The van der Waals surface area contributed by atoms with Gasteiger partial charge in [0, 0.05) is 29.5 Å². The lowest BCUT2D eigenvalue weighted by molar-refractivity contribution is 0.102. The van der Waals surface area contributed by atoms with Gasteiger partial charge in [-0.3, -0.25) is 14.6 Å². The normalized spacial score (nSPS) is 15.8. The maximum absolute atomic E-state index is 14.0. The predicted molar refractivity (Wildman–Crippen MR) is 95.1 cm³/mol. The minimum Gasteiger partial charge on any atom is -0.506 e. The molecule has 0 saturated carbocycles. The highest BCUT2D eigenvalue weighted by atomic mass is 19.1. The molecule has 1 aliphatic heterocycles. The van der Waals surface area contributed by atoms with E-state index in [4.69, 9.17) is 0 Å². The topological polar surface area (TPSA) is 84.2 Å². The monoisotopic (exact) mass is 353 g/mol. The Bertz CT molecular complexity index is 1090. The standard InChI is InChI=1S/C19H16FN3O3/c1-10-2-3-11-8-12(20)9-14-16(11)23(10)19(26)15(17(14)24)18(25)22-13-4-6-21-7-5-13/h4-10,24H,2-3H2,1H3,(H,21,22,25)/t10-/m1/s1. The first-order valence-corrected chi connectivity index (χ1v) is 8.28. The van der Waals surface area contributed by atoms with Gasteiger partial charge >= 0.3 is 0 Å². The summed E-state index contributed by atoms with van der Waals surface area (Å²) >= 11 is 0. The van der Waals surface area contributed by atoms with E-state index in [1.165, 1.54) is 23.0 Å². The van der Waals surface area contributed by atoms with E-state index in [0.717, 1.165) is 6.07 Å². The number of pyridine rings is 2. The lowest BCUT2D eigenvalue weighted by atomic mass is 9.95. The third kappa shape index (κ3) is 2.44. The number of hydrogen-bond acceptors (Lipinski definition) is 4. The number of carbonyl (C=O) groups is 1. The third-order valence-electron chi connectivity index (χ3n) is 4.76. The number of aromatic hydroxyl groups is 1. The SMILES string of the molecule is C[C@@H]1CCc2cc(F)cc3c(O)c(C(=O)Nc4ccncc4)c(=O)n1c23. The van der Waals surface area contributed by atoms with Gasteiger partial charge in [0.2, 0.25) is 0 Å². The van der Waals surface area contributed by atoms with Crippen molar-refractivity contribution in [3.8, 4) is 5.75 Å². The van der Waals surface area contributed by atoms with Crippen molar-refractivity contribution < 1.29 is 14.3 Å². The van der Waals surface area contributed by atoms with Crippen molar-refractivity contribution in [1.29, 1.82) is 0 Å². The number of rotatable bonds is 2. The van der Waals surface area contributed by atoms with Gasteiger partial charge in [-0.15, -0.1) is 0 Å². The molecule has 1 amide bonds. The van der Waals surface area contributed by atoms with E-state index in [2.05, 4.69) is 10.3 Å². The van der Waals surface area contributed by atoms with E-state index < -0.39 is 23.0 Å². The van der Waals surface area contributed by atoms with Crippen molar-refractivity contribution in [2.45, 2.75) is 25.8 Å². The Kier molecular flexibility index (Phi) is 3.72. The summed E-state index contributed by atoms with van der Waals surface area (Å²) in [6.07, 6.45) is 4.25. The smallest absolute Gasteiger partial charge is 0.267 e. The Morgan fingerprint density at radius 2 is 2.08 bits per heavy atom. The second-order valence-electron chi connectivity index (χ2n) is 6.44. The fourth-order valence-corrected chi connectivity index (χ4v) is 3.52. The zero-order valence-electron chi connectivity index (χ0n) is 14.0. The van der Waals surface area contributed by atoms with E-state index in [-0.39, 0.29) is 17.0 Å². The number of amides is 1. The summed E-state index contributed by atoms with van der Waals surface area (Å²) in [7, 11) is 0. The van der Waals surface area contributed by atoms with Crippen LogP contribution in [0.4, 0.5) is 10.1 Å². The summed E-state index contributed by atoms with van der Waals surface area (Å²) in [6.45, 7) is 1.87. The zero-order valence-corrected chi connectivity index (χ0v) is 14.0. The number of nitrogens with one attached hydrogen (secondary N) is 1. The van der Waals surface area contributed by atoms with E-state index in [1.54, 1.807) is 12.1 Å². The number of carbonyl (C=O) groups excluding carboxylic acids is 1. The van der Waals surface area contributed by atoms with Gasteiger partial charge in [-0.05, 0) is 49.6 Å². The molecule has 132 valence electrons. The molecule has 0 radical (unpaired) electrons. The molecule has 4 rings (SSSR count). The predicted octanol–water partition coefficient (Wildman–Crippen LogP) is 3.00. The van der Waals surface area contributed by atoms with Crippen molar-refractivity contribution in [3.63, 3.8) is 0 Å². The van der Waals surface area contributed by atoms with Gasteiger partial charge in [-0.2, -0.15) is 0 Å². The second kappa shape index (κ2) is 5.94. The van der Waals surface area contributed by atoms with Crippen molar-refractivity contribution in [2.24, 2.45) is 0 Å². The minimum absolute atomic E-state index is 0.156. The van der Waals surface area contributed by atoms with Gasteiger partial charge in [-0.1, -0.05) is 0 Å². The van der Waals surface area contributed by atoms with Gasteiger partial charge < -0.3 is 15.0 Å². The highest BCUT2D eigenvalue weighted by molar-refractivity contribution is 6.09. The molecular weight excluding hydrogens is 337 g/mol. The molecule has 2 N–H and O–H groups in total. The van der Waals surface area contributed by atoms with Gasteiger partial charge in [0.15, 0.2) is 0 Å². The van der Waals surface area contributed by atoms with E-state index in [0.29, 0.717) is 29.6 Å². The number of aryl methyl sites for hydroxylation is 1.